The number of fused-ring (bicyclic) bond motifs is 1. The highest BCUT2D eigenvalue weighted by Gasteiger charge is 2.26. The van der Waals surface area contributed by atoms with E-state index in [4.69, 9.17) is 29.7 Å². The van der Waals surface area contributed by atoms with Crippen LogP contribution in [-0.2, 0) is 67.3 Å². The Hall–Kier alpha value is -4.16. The molecule has 0 aromatic heterocycles. The third kappa shape index (κ3) is 12.2. The van der Waals surface area contributed by atoms with Crippen molar-refractivity contribution in [2.24, 2.45) is 20.5 Å². The molecule has 0 aliphatic heterocycles. The van der Waals surface area contributed by atoms with Gasteiger partial charge in [-0.25, -0.2) is 31.5 Å². The minimum Gasteiger partial charge on any atom is -0.505 e. The van der Waals surface area contributed by atoms with Gasteiger partial charge in [0.2, 0.25) is 0 Å². The number of sulfone groups is 2. The van der Waals surface area contributed by atoms with Gasteiger partial charge in [0.05, 0.1) is 75.3 Å². The molecule has 4 aromatic carbocycles. The van der Waals surface area contributed by atoms with E-state index < -0.39 is 92.6 Å². The Morgan fingerprint density at radius 1 is 0.741 bits per heavy atom. The van der Waals surface area contributed by atoms with Gasteiger partial charge in [0, 0.05) is 0 Å². The second-order valence-corrected chi connectivity index (χ2v) is 18.6. The molecule has 4 aromatic rings. The van der Waals surface area contributed by atoms with Crippen LogP contribution in [0.4, 0.5) is 28.4 Å². The van der Waals surface area contributed by atoms with Crippen LogP contribution in [0.1, 0.15) is 0 Å². The number of nitrogens with two attached hydrogens (primary N) is 1. The largest absolute Gasteiger partial charge is 0.505 e. The van der Waals surface area contributed by atoms with Gasteiger partial charge in [-0.15, -0.1) is 24.0 Å². The van der Waals surface area contributed by atoms with Crippen molar-refractivity contribution >= 4 is 104 Å². The Labute approximate surface area is 336 Å². The summed E-state index contributed by atoms with van der Waals surface area (Å²) in [5.74, 6) is -2.22. The minimum atomic E-state index is -5.14. The monoisotopic (exact) mass is 933 g/mol. The van der Waals surface area contributed by atoms with E-state index in [1.54, 1.807) is 0 Å². The molecule has 58 heavy (non-hydrogen) atoms. The molecule has 0 saturated heterocycles. The van der Waals surface area contributed by atoms with E-state index >= 15 is 0 Å². The topological polar surface area (TPSA) is 378 Å². The van der Waals surface area contributed by atoms with Crippen molar-refractivity contribution in [2.45, 2.75) is 19.6 Å². The fourth-order valence-corrected chi connectivity index (χ4v) is 8.67. The van der Waals surface area contributed by atoms with Gasteiger partial charge >= 0.3 is 10.4 Å². The highest BCUT2D eigenvalue weighted by Crippen LogP contribution is 2.50. The van der Waals surface area contributed by atoms with Gasteiger partial charge in [0.1, 0.15) is 27.7 Å². The molecule has 0 fully saturated rings. The second-order valence-electron chi connectivity index (χ2n) is 10.7. The van der Waals surface area contributed by atoms with Gasteiger partial charge in [-0.2, -0.15) is 21.9 Å². The van der Waals surface area contributed by atoms with Crippen LogP contribution in [0.25, 0.3) is 10.8 Å². The molecule has 0 heterocycles. The average Bonchev–Trinajstić information content (AvgIpc) is 3.15. The summed E-state index contributed by atoms with van der Waals surface area (Å²) in [7, 11) is -16.9. The highest BCUT2D eigenvalue weighted by molar-refractivity contribution is 7.94. The summed E-state index contributed by atoms with van der Waals surface area (Å²) in [5, 5.41) is 50.6. The lowest BCUT2D eigenvalue weighted by atomic mass is 10.1. The molecular weight excluding hydrogens is 907 g/mol. The maximum absolute atomic E-state index is 12.9. The van der Waals surface area contributed by atoms with Crippen LogP contribution in [0, 0.1) is 0 Å². The molecule has 0 saturated carbocycles. The molecule has 0 aliphatic carbocycles. The molecule has 0 atom stereocenters. The number of azo groups is 2. The van der Waals surface area contributed by atoms with E-state index in [1.165, 1.54) is 19.2 Å². The molecule has 0 unspecified atom stereocenters. The Morgan fingerprint density at radius 2 is 1.36 bits per heavy atom. The quantitative estimate of drug-likeness (QED) is 0.0122. The van der Waals surface area contributed by atoms with Crippen molar-refractivity contribution in [3.05, 3.63) is 54.6 Å². The van der Waals surface area contributed by atoms with Gasteiger partial charge in [0.25, 0.3) is 10.1 Å². The predicted molar refractivity (Wildman–Crippen MR) is 198 cm³/mol. The number of rotatable bonds is 21. The summed E-state index contributed by atoms with van der Waals surface area (Å²) in [5.41, 5.74) is 4.24. The summed E-state index contributed by atoms with van der Waals surface area (Å²) in [6, 6.07) is 9.82. The van der Waals surface area contributed by atoms with Gasteiger partial charge in [0.15, 0.2) is 37.7 Å². The predicted octanol–water partition coefficient (Wildman–Crippen LogP) is 5.01. The van der Waals surface area contributed by atoms with Gasteiger partial charge in [-0.05, 0) is 60.0 Å². The molecule has 0 spiro atoms. The maximum Gasteiger partial charge on any atom is 0.397 e. The Morgan fingerprint density at radius 3 is 1.98 bits per heavy atom. The molecular formula is C27H27N5O20S6. The lowest BCUT2D eigenvalue weighted by molar-refractivity contribution is -0.434. The van der Waals surface area contributed by atoms with Crippen LogP contribution >= 0.6 is 24.4 Å². The van der Waals surface area contributed by atoms with Gasteiger partial charge in [-0.3, -0.25) is 13.3 Å². The van der Waals surface area contributed by atoms with E-state index in [0.717, 1.165) is 42.5 Å². The number of methoxy groups -OCH3 is 1. The van der Waals surface area contributed by atoms with Crippen LogP contribution in [0.5, 0.6) is 11.5 Å². The van der Waals surface area contributed by atoms with E-state index in [0.29, 0.717) is 0 Å². The first-order chi connectivity index (χ1) is 27.2. The van der Waals surface area contributed by atoms with Crippen molar-refractivity contribution in [1.82, 2.24) is 0 Å². The summed E-state index contributed by atoms with van der Waals surface area (Å²) in [6.07, 6.45) is 0. The van der Waals surface area contributed by atoms with E-state index in [1.807, 2.05) is 0 Å². The first kappa shape index (κ1) is 46.5. The van der Waals surface area contributed by atoms with Crippen LogP contribution in [-0.4, -0.2) is 90.2 Å². The summed E-state index contributed by atoms with van der Waals surface area (Å²) < 4.78 is 139. The SMILES string of the molecule is COc1ccc(S(=O)(=O)CCOSOOO)cc1N=Nc1c(SOOO)cc2cc(S(=O)(=O)O)c(N=Nc3ccc(S(=O)(=O)CCOS(=O)(=O)O)cc3)c(N)c2c1O. The smallest absolute Gasteiger partial charge is 0.397 e. The van der Waals surface area contributed by atoms with Crippen LogP contribution in [0.2, 0.25) is 0 Å². The van der Waals surface area contributed by atoms with Crippen LogP contribution < -0.4 is 10.5 Å². The Balaban J connectivity index is 1.79. The number of benzene rings is 4. The number of hydrogen-bond acceptors (Lipinski definition) is 25. The molecule has 7 N–H and O–H groups in total. The third-order valence-electron chi connectivity index (χ3n) is 7.10. The molecule has 0 bridgehead atoms. The Bertz CT molecular complexity index is 2650. The van der Waals surface area contributed by atoms with Crippen molar-refractivity contribution in [1.29, 1.82) is 0 Å². The lowest BCUT2D eigenvalue weighted by Crippen LogP contribution is -2.15. The molecule has 0 amide bonds. The van der Waals surface area contributed by atoms with E-state index in [-0.39, 0.29) is 66.9 Å². The number of nitrogen functional groups attached to an aromatic ring is 1. The maximum atomic E-state index is 12.9. The first-order valence-electron chi connectivity index (χ1n) is 14.9. The fraction of sp³-hybridized carbons (Fsp3) is 0.185. The molecule has 31 heteroatoms. The van der Waals surface area contributed by atoms with Crippen molar-refractivity contribution in [3.8, 4) is 11.5 Å². The molecule has 4 rings (SSSR count). The number of anilines is 1. The second kappa shape index (κ2) is 19.7. The lowest BCUT2D eigenvalue weighted by Gasteiger charge is -2.14. The van der Waals surface area contributed by atoms with Gasteiger partial charge in [-0.1, -0.05) is 10.1 Å². The van der Waals surface area contributed by atoms with Crippen molar-refractivity contribution in [3.63, 3.8) is 0 Å². The standard InChI is InChI=1S/C27H27N5O20S6/c1-46-20-7-6-18(56(38,39)10-8-47-54-52-50-35)14-19(20)30-31-25-21(53-51-49-34)12-15-13-22(57(40,41)42)26(24(28)23(15)27(25)33)32-29-16-2-4-17(5-3-16)55(36,37)11-9-48-58(43,44)45/h2-7,12-14,33-35H,8-11,28H2,1H3,(H,40,41,42)(H,43,44,45). The van der Waals surface area contributed by atoms with Crippen LogP contribution in [0.15, 0.2) is 94.6 Å². The summed E-state index contributed by atoms with van der Waals surface area (Å²) >= 11 is 0.405. The fourth-order valence-electron chi connectivity index (χ4n) is 4.59. The van der Waals surface area contributed by atoms with Gasteiger partial charge < -0.3 is 15.6 Å². The normalized spacial score (nSPS) is 12.9. The van der Waals surface area contributed by atoms with Crippen LogP contribution in [0.3, 0.4) is 0 Å². The van der Waals surface area contributed by atoms with E-state index in [2.05, 4.69) is 43.4 Å². The minimum absolute atomic E-state index is 0.00391. The summed E-state index contributed by atoms with van der Waals surface area (Å²) in [6.45, 7) is -1.29. The zero-order valence-corrected chi connectivity index (χ0v) is 33.6. The highest BCUT2D eigenvalue weighted by atomic mass is 32.3. The summed E-state index contributed by atoms with van der Waals surface area (Å²) in [4.78, 5) is -1.72. The number of aromatic hydroxyl groups is 1. The number of hydrogen-bond donors (Lipinski definition) is 6. The molecule has 0 aliphatic rings. The first-order valence-corrected chi connectivity index (χ1v) is 22.4. The number of nitrogens with zero attached hydrogens (tertiary/aromatic N) is 4. The molecule has 25 nitrogen and oxygen atoms in total. The number of phenolic OH excluding ortho intramolecular Hbond substituents is 1. The average molecular weight is 934 g/mol. The third-order valence-corrected chi connectivity index (χ3v) is 12.8. The van der Waals surface area contributed by atoms with Crippen molar-refractivity contribution in [2.75, 3.05) is 37.6 Å². The van der Waals surface area contributed by atoms with E-state index in [9.17, 15) is 43.3 Å². The zero-order chi connectivity index (χ0) is 42.9. The molecule has 0 radical (unpaired) electrons. The molecule has 316 valence electrons. The number of phenols is 1. The Kier molecular flexibility index (Phi) is 15.8. The van der Waals surface area contributed by atoms with Crippen molar-refractivity contribution < 1.29 is 90.2 Å². The zero-order valence-electron chi connectivity index (χ0n) is 28.7. The number of ether oxygens (including phenoxy) is 1.